The highest BCUT2D eigenvalue weighted by atomic mass is 14.6. The van der Waals surface area contributed by atoms with Gasteiger partial charge in [-0.25, -0.2) is 0 Å². The van der Waals surface area contributed by atoms with Crippen molar-refractivity contribution in [1.82, 2.24) is 0 Å². The first-order chi connectivity index (χ1) is 6.29. The molecule has 0 fully saturated rings. The number of nitrogens with zero attached hydrogens (tertiary/aromatic N) is 1. The van der Waals surface area contributed by atoms with E-state index in [1.165, 1.54) is 11.6 Å². The van der Waals surface area contributed by atoms with Gasteiger partial charge in [-0.3, -0.25) is 0 Å². The molecule has 0 aliphatic carbocycles. The van der Waals surface area contributed by atoms with Crippen molar-refractivity contribution >= 4 is 5.70 Å². The van der Waals surface area contributed by atoms with Gasteiger partial charge in [-0.1, -0.05) is 31.2 Å². The summed E-state index contributed by atoms with van der Waals surface area (Å²) >= 11 is 0. The first-order valence-corrected chi connectivity index (χ1v) is 4.23. The van der Waals surface area contributed by atoms with Gasteiger partial charge in [0.25, 0.3) is 0 Å². The van der Waals surface area contributed by atoms with Crippen molar-refractivity contribution in [2.24, 2.45) is 5.73 Å². The van der Waals surface area contributed by atoms with Crippen molar-refractivity contribution in [1.29, 1.82) is 5.26 Å². The van der Waals surface area contributed by atoms with Crippen LogP contribution < -0.4 is 5.73 Å². The molecule has 0 spiro atoms. The second-order valence-electron chi connectivity index (χ2n) is 2.74. The molecule has 1 aromatic rings. The van der Waals surface area contributed by atoms with Crippen LogP contribution in [-0.4, -0.2) is 0 Å². The van der Waals surface area contributed by atoms with Crippen LogP contribution >= 0.6 is 0 Å². The Morgan fingerprint density at radius 1 is 1.54 bits per heavy atom. The number of benzene rings is 1. The molecule has 66 valence electrons. The smallest absolute Gasteiger partial charge is 0.0933 e. The minimum atomic E-state index is 0.542. The van der Waals surface area contributed by atoms with Crippen LogP contribution in [-0.2, 0) is 6.42 Å². The van der Waals surface area contributed by atoms with Crippen molar-refractivity contribution in [2.75, 3.05) is 0 Å². The minimum absolute atomic E-state index is 0.542. The van der Waals surface area contributed by atoms with E-state index in [2.05, 4.69) is 6.92 Å². The maximum Gasteiger partial charge on any atom is 0.0933 e. The number of aryl methyl sites for hydroxylation is 1. The summed E-state index contributed by atoms with van der Waals surface area (Å²) in [5.41, 5.74) is 8.40. The van der Waals surface area contributed by atoms with Crippen LogP contribution in [0.1, 0.15) is 18.1 Å². The second kappa shape index (κ2) is 4.32. The summed E-state index contributed by atoms with van der Waals surface area (Å²) in [6.07, 6.45) is 2.30. The van der Waals surface area contributed by atoms with Crippen molar-refractivity contribution in [2.45, 2.75) is 13.3 Å². The van der Waals surface area contributed by atoms with Gasteiger partial charge in [0, 0.05) is 17.3 Å². The molecule has 0 aromatic heterocycles. The maximum atomic E-state index is 8.46. The standard InChI is InChI=1S/C11H12N2/c1-2-9-5-3-4-6-10(9)11(13)7-8-12/h3-7H,2,13H2,1H3. The Labute approximate surface area is 78.3 Å². The highest BCUT2D eigenvalue weighted by Gasteiger charge is 2.00. The summed E-state index contributed by atoms with van der Waals surface area (Å²) < 4.78 is 0. The molecule has 1 rings (SSSR count). The van der Waals surface area contributed by atoms with Crippen molar-refractivity contribution in [3.05, 3.63) is 41.5 Å². The summed E-state index contributed by atoms with van der Waals surface area (Å²) in [7, 11) is 0. The van der Waals surface area contributed by atoms with Crippen LogP contribution in [0, 0.1) is 11.3 Å². The summed E-state index contributed by atoms with van der Waals surface area (Å²) in [5, 5.41) is 8.46. The molecule has 1 aromatic carbocycles. The zero-order valence-electron chi connectivity index (χ0n) is 7.62. The van der Waals surface area contributed by atoms with E-state index in [0.717, 1.165) is 12.0 Å². The van der Waals surface area contributed by atoms with Gasteiger partial charge in [-0.2, -0.15) is 5.26 Å². The second-order valence-corrected chi connectivity index (χ2v) is 2.74. The Bertz CT molecular complexity index is 359. The van der Waals surface area contributed by atoms with Gasteiger partial charge in [0.15, 0.2) is 0 Å². The molecule has 2 heteroatoms. The maximum absolute atomic E-state index is 8.46. The molecular formula is C11H12N2. The topological polar surface area (TPSA) is 49.8 Å². The predicted octanol–water partition coefficient (Wildman–Crippen LogP) is 2.07. The van der Waals surface area contributed by atoms with E-state index >= 15 is 0 Å². The predicted molar refractivity (Wildman–Crippen MR) is 53.6 cm³/mol. The fourth-order valence-electron chi connectivity index (χ4n) is 1.26. The lowest BCUT2D eigenvalue weighted by Gasteiger charge is -2.05. The summed E-state index contributed by atoms with van der Waals surface area (Å²) in [6, 6.07) is 9.78. The number of nitriles is 1. The molecule has 2 N–H and O–H groups in total. The summed E-state index contributed by atoms with van der Waals surface area (Å²) in [4.78, 5) is 0. The summed E-state index contributed by atoms with van der Waals surface area (Å²) in [6.45, 7) is 2.07. The van der Waals surface area contributed by atoms with E-state index in [9.17, 15) is 0 Å². The zero-order chi connectivity index (χ0) is 9.68. The zero-order valence-corrected chi connectivity index (χ0v) is 7.62. The molecule has 0 radical (unpaired) electrons. The van der Waals surface area contributed by atoms with Gasteiger partial charge in [0.1, 0.15) is 0 Å². The van der Waals surface area contributed by atoms with E-state index in [0.29, 0.717) is 5.70 Å². The Kier molecular flexibility index (Phi) is 3.10. The van der Waals surface area contributed by atoms with Crippen molar-refractivity contribution in [3.8, 4) is 6.07 Å². The van der Waals surface area contributed by atoms with Gasteiger partial charge in [-0.15, -0.1) is 0 Å². The fraction of sp³-hybridized carbons (Fsp3) is 0.182. The van der Waals surface area contributed by atoms with Crippen molar-refractivity contribution in [3.63, 3.8) is 0 Å². The number of hydrogen-bond donors (Lipinski definition) is 1. The third kappa shape index (κ3) is 2.09. The van der Waals surface area contributed by atoms with Gasteiger partial charge in [-0.05, 0) is 12.0 Å². The van der Waals surface area contributed by atoms with Crippen molar-refractivity contribution < 1.29 is 0 Å². The first kappa shape index (κ1) is 9.34. The quantitative estimate of drug-likeness (QED) is 0.694. The average Bonchev–Trinajstić information content (AvgIpc) is 2.18. The van der Waals surface area contributed by atoms with Crippen LogP contribution in [0.5, 0.6) is 0 Å². The molecule has 0 aliphatic rings. The molecule has 0 saturated heterocycles. The molecule has 0 amide bonds. The third-order valence-electron chi connectivity index (χ3n) is 1.93. The van der Waals surface area contributed by atoms with E-state index in [-0.39, 0.29) is 0 Å². The highest BCUT2D eigenvalue weighted by molar-refractivity contribution is 5.67. The van der Waals surface area contributed by atoms with E-state index in [1.807, 2.05) is 30.3 Å². The largest absolute Gasteiger partial charge is 0.398 e. The first-order valence-electron chi connectivity index (χ1n) is 4.23. The lowest BCUT2D eigenvalue weighted by Crippen LogP contribution is -1.99. The van der Waals surface area contributed by atoms with Gasteiger partial charge in [0.05, 0.1) is 6.07 Å². The third-order valence-corrected chi connectivity index (χ3v) is 1.93. The van der Waals surface area contributed by atoms with E-state index in [1.54, 1.807) is 0 Å². The SMILES string of the molecule is CCc1ccccc1C(N)=CC#N. The number of allylic oxidation sites excluding steroid dienone is 1. The molecule has 2 nitrogen and oxygen atoms in total. The number of nitrogens with two attached hydrogens (primary N) is 1. The minimum Gasteiger partial charge on any atom is -0.398 e. The molecule has 0 saturated carbocycles. The van der Waals surface area contributed by atoms with Gasteiger partial charge in [0.2, 0.25) is 0 Å². The lowest BCUT2D eigenvalue weighted by atomic mass is 10.0. The monoisotopic (exact) mass is 172 g/mol. The molecular weight excluding hydrogens is 160 g/mol. The Hall–Kier alpha value is -1.75. The molecule has 0 atom stereocenters. The van der Waals surface area contributed by atoms with Gasteiger partial charge < -0.3 is 5.73 Å². The number of rotatable bonds is 2. The van der Waals surface area contributed by atoms with Crippen LogP contribution in [0.2, 0.25) is 0 Å². The van der Waals surface area contributed by atoms with Crippen LogP contribution in [0.15, 0.2) is 30.3 Å². The van der Waals surface area contributed by atoms with Crippen LogP contribution in [0.3, 0.4) is 0 Å². The Morgan fingerprint density at radius 2 is 2.23 bits per heavy atom. The highest BCUT2D eigenvalue weighted by Crippen LogP contribution is 2.15. The van der Waals surface area contributed by atoms with Gasteiger partial charge >= 0.3 is 0 Å². The average molecular weight is 172 g/mol. The Morgan fingerprint density at radius 3 is 2.85 bits per heavy atom. The Balaban J connectivity index is 3.15. The molecule has 0 aliphatic heterocycles. The molecule has 0 heterocycles. The molecule has 0 bridgehead atoms. The van der Waals surface area contributed by atoms with E-state index in [4.69, 9.17) is 11.0 Å². The number of hydrogen-bond acceptors (Lipinski definition) is 2. The normalized spacial score (nSPS) is 10.9. The fourth-order valence-corrected chi connectivity index (χ4v) is 1.26. The van der Waals surface area contributed by atoms with E-state index < -0.39 is 0 Å². The summed E-state index contributed by atoms with van der Waals surface area (Å²) in [5.74, 6) is 0. The van der Waals surface area contributed by atoms with Crippen LogP contribution in [0.4, 0.5) is 0 Å². The van der Waals surface area contributed by atoms with Crippen LogP contribution in [0.25, 0.3) is 5.70 Å². The molecule has 13 heavy (non-hydrogen) atoms. The lowest BCUT2D eigenvalue weighted by molar-refractivity contribution is 1.13. The molecule has 0 unspecified atom stereocenters.